The smallest absolute Gasteiger partial charge is 0.252 e. The SMILES string of the molecule is C=CCN1C=C(C(=O)NCc2ccc(F)cc2F)C(O)C(OCc2ccccc2)=C1C=O. The molecule has 6 nitrogen and oxygen atoms in total. The summed E-state index contributed by atoms with van der Waals surface area (Å²) in [6.45, 7) is 3.67. The molecule has 0 radical (unpaired) electrons. The first-order valence-electron chi connectivity index (χ1n) is 9.80. The van der Waals surface area contributed by atoms with Gasteiger partial charge in [-0.3, -0.25) is 9.59 Å². The average molecular weight is 440 g/mol. The first-order chi connectivity index (χ1) is 15.4. The largest absolute Gasteiger partial charge is 0.488 e. The normalized spacial score (nSPS) is 15.8. The lowest BCUT2D eigenvalue weighted by Crippen LogP contribution is -2.38. The van der Waals surface area contributed by atoms with Crippen LogP contribution in [-0.2, 0) is 27.5 Å². The van der Waals surface area contributed by atoms with Crippen molar-refractivity contribution >= 4 is 12.2 Å². The molecule has 1 aliphatic rings. The Labute approximate surface area is 184 Å². The lowest BCUT2D eigenvalue weighted by molar-refractivity contribution is -0.119. The minimum atomic E-state index is -1.52. The maximum absolute atomic E-state index is 13.9. The Morgan fingerprint density at radius 1 is 1.22 bits per heavy atom. The predicted molar refractivity (Wildman–Crippen MR) is 114 cm³/mol. The van der Waals surface area contributed by atoms with E-state index in [0.29, 0.717) is 6.29 Å². The van der Waals surface area contributed by atoms with Crippen molar-refractivity contribution in [2.75, 3.05) is 6.54 Å². The van der Waals surface area contributed by atoms with Crippen LogP contribution >= 0.6 is 0 Å². The molecule has 1 unspecified atom stereocenters. The first kappa shape index (κ1) is 22.9. The fraction of sp³-hybridized carbons (Fsp3) is 0.167. The molecule has 8 heteroatoms. The second kappa shape index (κ2) is 10.5. The van der Waals surface area contributed by atoms with Crippen molar-refractivity contribution in [3.8, 4) is 0 Å². The van der Waals surface area contributed by atoms with Gasteiger partial charge in [-0.05, 0) is 11.6 Å². The van der Waals surface area contributed by atoms with Crippen molar-refractivity contribution in [1.29, 1.82) is 0 Å². The van der Waals surface area contributed by atoms with Crippen LogP contribution in [0.15, 0.2) is 84.4 Å². The number of aliphatic hydroxyl groups is 1. The van der Waals surface area contributed by atoms with E-state index >= 15 is 0 Å². The topological polar surface area (TPSA) is 78.9 Å². The molecule has 0 aromatic heterocycles. The van der Waals surface area contributed by atoms with E-state index in [1.165, 1.54) is 23.2 Å². The summed E-state index contributed by atoms with van der Waals surface area (Å²) in [4.78, 5) is 25.9. The van der Waals surface area contributed by atoms with Crippen molar-refractivity contribution in [3.63, 3.8) is 0 Å². The molecule has 1 aliphatic heterocycles. The van der Waals surface area contributed by atoms with Gasteiger partial charge in [0.25, 0.3) is 5.91 Å². The van der Waals surface area contributed by atoms with Crippen LogP contribution in [0.5, 0.6) is 0 Å². The van der Waals surface area contributed by atoms with E-state index in [4.69, 9.17) is 4.74 Å². The quantitative estimate of drug-likeness (QED) is 0.463. The van der Waals surface area contributed by atoms with Gasteiger partial charge in [-0.25, -0.2) is 8.78 Å². The number of ether oxygens (including phenoxy) is 1. The highest BCUT2D eigenvalue weighted by Crippen LogP contribution is 2.27. The Morgan fingerprint density at radius 2 is 1.97 bits per heavy atom. The van der Waals surface area contributed by atoms with Gasteiger partial charge in [0.1, 0.15) is 30.0 Å². The number of allylic oxidation sites excluding steroid dienone is 1. The summed E-state index contributed by atoms with van der Waals surface area (Å²) < 4.78 is 32.7. The highest BCUT2D eigenvalue weighted by atomic mass is 19.1. The third-order valence-corrected chi connectivity index (χ3v) is 4.79. The summed E-state index contributed by atoms with van der Waals surface area (Å²) in [6, 6.07) is 12.1. The number of halogens is 2. The molecule has 1 amide bonds. The van der Waals surface area contributed by atoms with Crippen molar-refractivity contribution in [1.82, 2.24) is 10.2 Å². The Balaban J connectivity index is 1.80. The minimum Gasteiger partial charge on any atom is -0.488 e. The number of carbonyl (C=O) groups excluding carboxylic acids is 2. The van der Waals surface area contributed by atoms with Gasteiger partial charge in [0.15, 0.2) is 12.0 Å². The molecule has 32 heavy (non-hydrogen) atoms. The molecule has 0 bridgehead atoms. The second-order valence-corrected chi connectivity index (χ2v) is 6.99. The summed E-state index contributed by atoms with van der Waals surface area (Å²) in [5.41, 5.74) is 0.857. The molecule has 2 aromatic rings. The van der Waals surface area contributed by atoms with Gasteiger partial charge < -0.3 is 20.1 Å². The van der Waals surface area contributed by atoms with Crippen molar-refractivity contribution in [2.45, 2.75) is 19.3 Å². The van der Waals surface area contributed by atoms with E-state index in [1.807, 2.05) is 30.3 Å². The van der Waals surface area contributed by atoms with Crippen LogP contribution in [0.25, 0.3) is 0 Å². The maximum atomic E-state index is 13.9. The lowest BCUT2D eigenvalue weighted by Gasteiger charge is -2.31. The van der Waals surface area contributed by atoms with Crippen LogP contribution in [0.1, 0.15) is 11.1 Å². The predicted octanol–water partition coefficient (Wildman–Crippen LogP) is 2.95. The zero-order chi connectivity index (χ0) is 23.1. The number of nitrogens with one attached hydrogen (secondary N) is 1. The number of hydrogen-bond acceptors (Lipinski definition) is 5. The molecule has 2 aromatic carbocycles. The zero-order valence-corrected chi connectivity index (χ0v) is 17.1. The van der Waals surface area contributed by atoms with Gasteiger partial charge in [-0.1, -0.05) is 42.5 Å². The number of carbonyl (C=O) groups is 2. The van der Waals surface area contributed by atoms with Crippen LogP contribution in [0, 0.1) is 11.6 Å². The number of benzene rings is 2. The standard InChI is InChI=1S/C24H22F2N2O4/c1-2-10-28-13-19(24(31)27-12-17-8-9-18(25)11-20(17)26)22(30)23(21(28)14-29)32-15-16-6-4-3-5-7-16/h2-9,11,13-14,22,30H,1,10,12,15H2,(H,27,31). The summed E-state index contributed by atoms with van der Waals surface area (Å²) in [5.74, 6) is -2.30. The summed E-state index contributed by atoms with van der Waals surface area (Å²) in [5, 5.41) is 13.3. The molecular weight excluding hydrogens is 418 g/mol. The number of aldehydes is 1. The molecule has 2 N–H and O–H groups in total. The third-order valence-electron chi connectivity index (χ3n) is 4.79. The van der Waals surface area contributed by atoms with E-state index in [2.05, 4.69) is 11.9 Å². The van der Waals surface area contributed by atoms with Gasteiger partial charge in [0.2, 0.25) is 0 Å². The maximum Gasteiger partial charge on any atom is 0.252 e. The molecule has 0 spiro atoms. The number of hydrogen-bond donors (Lipinski definition) is 2. The molecule has 0 saturated carbocycles. The molecule has 1 heterocycles. The molecular formula is C24H22F2N2O4. The number of nitrogens with zero attached hydrogens (tertiary/aromatic N) is 1. The fourth-order valence-electron chi connectivity index (χ4n) is 3.16. The fourth-order valence-corrected chi connectivity index (χ4v) is 3.16. The summed E-state index contributed by atoms with van der Waals surface area (Å²) >= 11 is 0. The van der Waals surface area contributed by atoms with E-state index in [1.54, 1.807) is 0 Å². The van der Waals surface area contributed by atoms with E-state index < -0.39 is 23.6 Å². The van der Waals surface area contributed by atoms with E-state index in [0.717, 1.165) is 17.7 Å². The number of aliphatic hydroxyl groups excluding tert-OH is 1. The third kappa shape index (κ3) is 5.28. The lowest BCUT2D eigenvalue weighted by atomic mass is 10.0. The van der Waals surface area contributed by atoms with Gasteiger partial charge >= 0.3 is 0 Å². The second-order valence-electron chi connectivity index (χ2n) is 6.99. The molecule has 3 rings (SSSR count). The van der Waals surface area contributed by atoms with E-state index in [9.17, 15) is 23.5 Å². The van der Waals surface area contributed by atoms with Crippen LogP contribution in [0.2, 0.25) is 0 Å². The molecule has 1 atom stereocenters. The van der Waals surface area contributed by atoms with Crippen molar-refractivity contribution in [2.24, 2.45) is 0 Å². The highest BCUT2D eigenvalue weighted by Gasteiger charge is 2.33. The van der Waals surface area contributed by atoms with Crippen molar-refractivity contribution < 1.29 is 28.2 Å². The van der Waals surface area contributed by atoms with E-state index in [-0.39, 0.29) is 42.3 Å². The van der Waals surface area contributed by atoms with Crippen LogP contribution in [0.4, 0.5) is 8.78 Å². The number of amides is 1. The van der Waals surface area contributed by atoms with Crippen LogP contribution < -0.4 is 5.32 Å². The van der Waals surface area contributed by atoms with Crippen molar-refractivity contribution in [3.05, 3.63) is 107 Å². The Bertz CT molecular complexity index is 1070. The molecule has 0 fully saturated rings. The Hall–Kier alpha value is -3.78. The average Bonchev–Trinajstić information content (AvgIpc) is 2.79. The van der Waals surface area contributed by atoms with Gasteiger partial charge in [0.05, 0.1) is 5.57 Å². The molecule has 0 aliphatic carbocycles. The van der Waals surface area contributed by atoms with Crippen LogP contribution in [-0.4, -0.2) is 34.8 Å². The summed E-state index contributed by atoms with van der Waals surface area (Å²) in [7, 11) is 0. The molecule has 166 valence electrons. The highest BCUT2D eigenvalue weighted by molar-refractivity contribution is 5.96. The van der Waals surface area contributed by atoms with Crippen LogP contribution in [0.3, 0.4) is 0 Å². The van der Waals surface area contributed by atoms with Gasteiger partial charge in [0, 0.05) is 30.9 Å². The van der Waals surface area contributed by atoms with Gasteiger partial charge in [-0.15, -0.1) is 6.58 Å². The van der Waals surface area contributed by atoms with Gasteiger partial charge in [-0.2, -0.15) is 0 Å². The Morgan fingerprint density at radius 3 is 2.62 bits per heavy atom. The number of rotatable bonds is 9. The summed E-state index contributed by atoms with van der Waals surface area (Å²) in [6.07, 6.45) is 1.86. The first-order valence-corrected chi connectivity index (χ1v) is 9.80. The monoisotopic (exact) mass is 440 g/mol. The minimum absolute atomic E-state index is 0.0643. The zero-order valence-electron chi connectivity index (χ0n) is 17.1. The molecule has 0 saturated heterocycles. The Kier molecular flexibility index (Phi) is 7.51.